The predicted octanol–water partition coefficient (Wildman–Crippen LogP) is 3.07. The van der Waals surface area contributed by atoms with E-state index in [1.165, 1.54) is 25.6 Å². The number of furan rings is 1. The van der Waals surface area contributed by atoms with Crippen LogP contribution in [0.3, 0.4) is 0 Å². The summed E-state index contributed by atoms with van der Waals surface area (Å²) in [7, 11) is 2.98. The summed E-state index contributed by atoms with van der Waals surface area (Å²) in [5.41, 5.74) is 0.298. The Kier molecular flexibility index (Phi) is 4.24. The third kappa shape index (κ3) is 3.02. The van der Waals surface area contributed by atoms with E-state index in [4.69, 9.17) is 13.9 Å². The van der Waals surface area contributed by atoms with Crippen molar-refractivity contribution in [1.29, 1.82) is 0 Å². The first-order valence-electron chi connectivity index (χ1n) is 6.62. The van der Waals surface area contributed by atoms with Crippen LogP contribution in [0.1, 0.15) is 10.4 Å². The Hall–Kier alpha value is -2.87. The number of anilines is 1. The van der Waals surface area contributed by atoms with Gasteiger partial charge < -0.3 is 13.9 Å². The van der Waals surface area contributed by atoms with Crippen LogP contribution in [0.4, 0.5) is 5.13 Å². The SMILES string of the molecule is COc1cccc(OC)c1C(=O)Nc1nnc(-c2ccco2)s1. The summed E-state index contributed by atoms with van der Waals surface area (Å²) < 4.78 is 15.7. The van der Waals surface area contributed by atoms with E-state index in [9.17, 15) is 4.79 Å². The Balaban J connectivity index is 1.85. The summed E-state index contributed by atoms with van der Waals surface area (Å²) in [6.45, 7) is 0. The number of benzene rings is 1. The highest BCUT2D eigenvalue weighted by molar-refractivity contribution is 7.18. The van der Waals surface area contributed by atoms with E-state index in [1.54, 1.807) is 36.6 Å². The van der Waals surface area contributed by atoms with Crippen LogP contribution in [-0.2, 0) is 0 Å². The molecule has 118 valence electrons. The topological polar surface area (TPSA) is 86.5 Å². The molecule has 1 amide bonds. The molecule has 1 N–H and O–H groups in total. The Morgan fingerprint density at radius 2 is 1.87 bits per heavy atom. The van der Waals surface area contributed by atoms with Crippen LogP contribution in [0.5, 0.6) is 11.5 Å². The van der Waals surface area contributed by atoms with Crippen molar-refractivity contribution in [1.82, 2.24) is 10.2 Å². The number of nitrogens with zero attached hydrogens (tertiary/aromatic N) is 2. The van der Waals surface area contributed by atoms with Crippen LogP contribution in [-0.4, -0.2) is 30.3 Å². The molecule has 0 fully saturated rings. The Morgan fingerprint density at radius 1 is 1.13 bits per heavy atom. The summed E-state index contributed by atoms with van der Waals surface area (Å²) >= 11 is 1.21. The second kappa shape index (κ2) is 6.49. The first-order chi connectivity index (χ1) is 11.2. The molecule has 0 aliphatic rings. The summed E-state index contributed by atoms with van der Waals surface area (Å²) in [6, 6.07) is 8.65. The molecule has 0 saturated heterocycles. The number of ether oxygens (including phenoxy) is 2. The molecule has 0 atom stereocenters. The number of amides is 1. The van der Waals surface area contributed by atoms with Gasteiger partial charge in [-0.3, -0.25) is 10.1 Å². The van der Waals surface area contributed by atoms with Gasteiger partial charge in [0.25, 0.3) is 5.91 Å². The van der Waals surface area contributed by atoms with Crippen molar-refractivity contribution in [3.63, 3.8) is 0 Å². The molecule has 0 saturated carbocycles. The van der Waals surface area contributed by atoms with Crippen LogP contribution in [0, 0.1) is 0 Å². The molecule has 1 aromatic carbocycles. The molecule has 0 spiro atoms. The minimum Gasteiger partial charge on any atom is -0.496 e. The number of carbonyl (C=O) groups is 1. The highest BCUT2D eigenvalue weighted by Gasteiger charge is 2.20. The zero-order chi connectivity index (χ0) is 16.2. The zero-order valence-corrected chi connectivity index (χ0v) is 13.2. The number of rotatable bonds is 5. The molecule has 0 aliphatic heterocycles. The first kappa shape index (κ1) is 15.0. The van der Waals surface area contributed by atoms with E-state index in [1.807, 2.05) is 0 Å². The third-order valence-electron chi connectivity index (χ3n) is 3.03. The van der Waals surface area contributed by atoms with Gasteiger partial charge in [0.1, 0.15) is 17.1 Å². The molecule has 0 aliphatic carbocycles. The fourth-order valence-electron chi connectivity index (χ4n) is 2.01. The maximum Gasteiger partial charge on any atom is 0.265 e. The van der Waals surface area contributed by atoms with Crippen LogP contribution < -0.4 is 14.8 Å². The van der Waals surface area contributed by atoms with Crippen molar-refractivity contribution < 1.29 is 18.7 Å². The van der Waals surface area contributed by atoms with E-state index >= 15 is 0 Å². The maximum absolute atomic E-state index is 12.5. The van der Waals surface area contributed by atoms with Gasteiger partial charge in [-0.2, -0.15) is 0 Å². The molecular formula is C15H13N3O4S. The van der Waals surface area contributed by atoms with E-state index in [0.29, 0.717) is 33.0 Å². The van der Waals surface area contributed by atoms with E-state index in [-0.39, 0.29) is 5.91 Å². The van der Waals surface area contributed by atoms with Gasteiger partial charge in [0.2, 0.25) is 5.13 Å². The normalized spacial score (nSPS) is 10.3. The maximum atomic E-state index is 12.5. The zero-order valence-electron chi connectivity index (χ0n) is 12.4. The molecule has 0 radical (unpaired) electrons. The molecule has 0 bridgehead atoms. The van der Waals surface area contributed by atoms with Crippen LogP contribution in [0.25, 0.3) is 10.8 Å². The second-order valence-electron chi connectivity index (χ2n) is 4.38. The lowest BCUT2D eigenvalue weighted by atomic mass is 10.1. The first-order valence-corrected chi connectivity index (χ1v) is 7.44. The average molecular weight is 331 g/mol. The van der Waals surface area contributed by atoms with Crippen molar-refractivity contribution in [3.05, 3.63) is 42.2 Å². The summed E-state index contributed by atoms with van der Waals surface area (Å²) in [5.74, 6) is 1.04. The minimum absolute atomic E-state index is 0.298. The lowest BCUT2D eigenvalue weighted by Crippen LogP contribution is -2.14. The quantitative estimate of drug-likeness (QED) is 0.773. The molecule has 8 heteroatoms. The van der Waals surface area contributed by atoms with E-state index < -0.39 is 0 Å². The molecular weight excluding hydrogens is 318 g/mol. The minimum atomic E-state index is -0.388. The number of carbonyl (C=O) groups excluding carboxylic acids is 1. The molecule has 7 nitrogen and oxygen atoms in total. The Morgan fingerprint density at radius 3 is 2.48 bits per heavy atom. The smallest absolute Gasteiger partial charge is 0.265 e. The van der Waals surface area contributed by atoms with Crippen molar-refractivity contribution in [2.75, 3.05) is 19.5 Å². The second-order valence-corrected chi connectivity index (χ2v) is 5.36. The Labute approximate surface area is 135 Å². The van der Waals surface area contributed by atoms with Crippen molar-refractivity contribution in [2.45, 2.75) is 0 Å². The highest BCUT2D eigenvalue weighted by Crippen LogP contribution is 2.31. The third-order valence-corrected chi connectivity index (χ3v) is 3.89. The number of hydrogen-bond donors (Lipinski definition) is 1. The summed E-state index contributed by atoms with van der Waals surface area (Å²) in [6.07, 6.45) is 1.55. The molecule has 2 heterocycles. The number of hydrogen-bond acceptors (Lipinski definition) is 7. The van der Waals surface area contributed by atoms with Crippen LogP contribution >= 0.6 is 11.3 Å². The highest BCUT2D eigenvalue weighted by atomic mass is 32.1. The van der Waals surface area contributed by atoms with Crippen molar-refractivity contribution in [3.8, 4) is 22.3 Å². The van der Waals surface area contributed by atoms with Crippen LogP contribution in [0.2, 0.25) is 0 Å². The molecule has 2 aromatic heterocycles. The van der Waals surface area contributed by atoms with Crippen molar-refractivity contribution >= 4 is 22.4 Å². The number of nitrogens with one attached hydrogen (secondary N) is 1. The van der Waals surface area contributed by atoms with Crippen LogP contribution in [0.15, 0.2) is 41.0 Å². The number of methoxy groups -OCH3 is 2. The van der Waals surface area contributed by atoms with Crippen molar-refractivity contribution in [2.24, 2.45) is 0 Å². The summed E-state index contributed by atoms with van der Waals surface area (Å²) in [5, 5.41) is 11.6. The number of aromatic nitrogens is 2. The van der Waals surface area contributed by atoms with Gasteiger partial charge >= 0.3 is 0 Å². The molecule has 3 rings (SSSR count). The Bertz CT molecular complexity index is 792. The standard InChI is InChI=1S/C15H13N3O4S/c1-20-9-5-3-6-10(21-2)12(9)13(19)16-15-18-17-14(23-15)11-7-4-8-22-11/h3-8H,1-2H3,(H,16,18,19). The van der Waals surface area contributed by atoms with Gasteiger partial charge in [-0.05, 0) is 24.3 Å². The van der Waals surface area contributed by atoms with Gasteiger partial charge in [-0.15, -0.1) is 10.2 Å². The van der Waals surface area contributed by atoms with Gasteiger partial charge in [-0.1, -0.05) is 17.4 Å². The predicted molar refractivity (Wildman–Crippen MR) is 85.1 cm³/mol. The fraction of sp³-hybridized carbons (Fsp3) is 0.133. The van der Waals surface area contributed by atoms with Gasteiger partial charge in [0, 0.05) is 0 Å². The molecule has 3 aromatic rings. The lowest BCUT2D eigenvalue weighted by molar-refractivity contribution is 0.102. The fourth-order valence-corrected chi connectivity index (χ4v) is 2.72. The average Bonchev–Trinajstić information content (AvgIpc) is 3.25. The van der Waals surface area contributed by atoms with E-state index in [2.05, 4.69) is 15.5 Å². The molecule has 23 heavy (non-hydrogen) atoms. The summed E-state index contributed by atoms with van der Waals surface area (Å²) in [4.78, 5) is 12.5. The van der Waals surface area contributed by atoms with Gasteiger partial charge in [-0.25, -0.2) is 0 Å². The van der Waals surface area contributed by atoms with E-state index in [0.717, 1.165) is 0 Å². The van der Waals surface area contributed by atoms with Gasteiger partial charge in [0.15, 0.2) is 10.8 Å². The largest absolute Gasteiger partial charge is 0.496 e. The lowest BCUT2D eigenvalue weighted by Gasteiger charge is -2.11. The van der Waals surface area contributed by atoms with Gasteiger partial charge in [0.05, 0.1) is 20.5 Å². The molecule has 0 unspecified atom stereocenters. The monoisotopic (exact) mass is 331 g/mol.